The Morgan fingerprint density at radius 2 is 2.08 bits per heavy atom. The van der Waals surface area contributed by atoms with Crippen LogP contribution in [0.25, 0.3) is 0 Å². The van der Waals surface area contributed by atoms with Gasteiger partial charge in [0.1, 0.15) is 0 Å². The van der Waals surface area contributed by atoms with E-state index >= 15 is 0 Å². The number of hydrogen-bond donors (Lipinski definition) is 3. The Morgan fingerprint density at radius 1 is 1.28 bits per heavy atom. The SMILES string of the molecule is CCCC[C@@](C)(O)C/C=C/[C@@H]1[C@H]2CC(CCCCCN)=C[C@H]2C[C@H]1O. The van der Waals surface area contributed by atoms with E-state index in [1.165, 1.54) is 19.3 Å². The third kappa shape index (κ3) is 6.23. The molecule has 5 atom stereocenters. The average molecular weight is 350 g/mol. The standard InChI is InChI=1S/C22H39NO2/c1-3-4-11-22(2,25)12-8-10-19-20-15-17(9-6-5-7-13-23)14-18(20)16-21(19)24/h8,10,14,18-21,24-25H,3-7,9,11-13,15-16,23H2,1-2H3/b10-8+/t18-,19+,20-,21+,22+/m0/s1. The molecule has 2 aliphatic carbocycles. The van der Waals surface area contributed by atoms with Gasteiger partial charge in [0.25, 0.3) is 0 Å². The fourth-order valence-electron chi connectivity index (χ4n) is 4.60. The van der Waals surface area contributed by atoms with E-state index in [2.05, 4.69) is 25.2 Å². The van der Waals surface area contributed by atoms with E-state index in [1.807, 2.05) is 6.92 Å². The van der Waals surface area contributed by atoms with Gasteiger partial charge < -0.3 is 15.9 Å². The van der Waals surface area contributed by atoms with Gasteiger partial charge in [-0.2, -0.15) is 0 Å². The first-order valence-corrected chi connectivity index (χ1v) is 10.4. The second-order valence-corrected chi connectivity index (χ2v) is 8.57. The van der Waals surface area contributed by atoms with Gasteiger partial charge in [-0.05, 0) is 70.3 Å². The average Bonchev–Trinajstić information content (AvgIpc) is 3.07. The zero-order chi connectivity index (χ0) is 18.3. The highest BCUT2D eigenvalue weighted by Crippen LogP contribution is 2.48. The quantitative estimate of drug-likeness (QED) is 0.384. The molecule has 3 nitrogen and oxygen atoms in total. The normalized spacial score (nSPS) is 31.3. The topological polar surface area (TPSA) is 66.5 Å². The van der Waals surface area contributed by atoms with Crippen LogP contribution >= 0.6 is 0 Å². The van der Waals surface area contributed by atoms with Gasteiger partial charge in [0.05, 0.1) is 11.7 Å². The summed E-state index contributed by atoms with van der Waals surface area (Å²) >= 11 is 0. The molecule has 0 aromatic heterocycles. The Hall–Kier alpha value is -0.640. The summed E-state index contributed by atoms with van der Waals surface area (Å²) in [6, 6.07) is 0. The van der Waals surface area contributed by atoms with Crippen molar-refractivity contribution < 1.29 is 10.2 Å². The Kier molecular flexibility index (Phi) is 8.18. The number of aliphatic hydroxyl groups excluding tert-OH is 1. The molecule has 144 valence electrons. The molecule has 0 unspecified atom stereocenters. The van der Waals surface area contributed by atoms with Crippen LogP contribution in [0.4, 0.5) is 0 Å². The second-order valence-electron chi connectivity index (χ2n) is 8.57. The van der Waals surface area contributed by atoms with Gasteiger partial charge in [0.15, 0.2) is 0 Å². The molecule has 3 heteroatoms. The highest BCUT2D eigenvalue weighted by Gasteiger charge is 2.43. The molecular weight excluding hydrogens is 310 g/mol. The molecule has 0 radical (unpaired) electrons. The summed E-state index contributed by atoms with van der Waals surface area (Å²) in [6.45, 7) is 4.88. The van der Waals surface area contributed by atoms with E-state index in [0.717, 1.165) is 45.1 Å². The Morgan fingerprint density at radius 3 is 2.80 bits per heavy atom. The van der Waals surface area contributed by atoms with Crippen LogP contribution in [0, 0.1) is 17.8 Å². The molecule has 2 rings (SSSR count). The van der Waals surface area contributed by atoms with Crippen molar-refractivity contribution in [3.05, 3.63) is 23.8 Å². The van der Waals surface area contributed by atoms with Crippen molar-refractivity contribution in [3.63, 3.8) is 0 Å². The maximum Gasteiger partial charge on any atom is 0.0654 e. The lowest BCUT2D eigenvalue weighted by Gasteiger charge is -2.22. The summed E-state index contributed by atoms with van der Waals surface area (Å²) in [6.07, 6.45) is 17.1. The lowest BCUT2D eigenvalue weighted by molar-refractivity contribution is 0.0513. The largest absolute Gasteiger partial charge is 0.392 e. The Labute approximate surface area is 154 Å². The van der Waals surface area contributed by atoms with Crippen molar-refractivity contribution in [1.29, 1.82) is 0 Å². The van der Waals surface area contributed by atoms with Gasteiger partial charge in [0.2, 0.25) is 0 Å². The zero-order valence-corrected chi connectivity index (χ0v) is 16.3. The number of rotatable bonds is 11. The maximum absolute atomic E-state index is 10.4. The van der Waals surface area contributed by atoms with Crippen molar-refractivity contribution >= 4 is 0 Å². The molecule has 0 saturated heterocycles. The van der Waals surface area contributed by atoms with Crippen LogP contribution in [0.1, 0.15) is 78.1 Å². The number of hydrogen-bond acceptors (Lipinski definition) is 3. The maximum atomic E-state index is 10.4. The minimum Gasteiger partial charge on any atom is -0.392 e. The number of unbranched alkanes of at least 4 members (excludes halogenated alkanes) is 3. The fourth-order valence-corrected chi connectivity index (χ4v) is 4.60. The van der Waals surface area contributed by atoms with Crippen LogP contribution in [-0.2, 0) is 0 Å². The predicted molar refractivity (Wildman–Crippen MR) is 105 cm³/mol. The fraction of sp³-hybridized carbons (Fsp3) is 0.818. The van der Waals surface area contributed by atoms with Crippen molar-refractivity contribution in [2.45, 2.75) is 89.8 Å². The minimum absolute atomic E-state index is 0.220. The van der Waals surface area contributed by atoms with E-state index in [4.69, 9.17) is 5.73 Å². The molecular formula is C22H39NO2. The number of allylic oxidation sites excluding steroid dienone is 2. The van der Waals surface area contributed by atoms with Crippen molar-refractivity contribution in [2.24, 2.45) is 23.5 Å². The van der Waals surface area contributed by atoms with Gasteiger partial charge >= 0.3 is 0 Å². The molecule has 1 fully saturated rings. The van der Waals surface area contributed by atoms with Crippen LogP contribution in [0.5, 0.6) is 0 Å². The monoisotopic (exact) mass is 349 g/mol. The predicted octanol–water partition coefficient (Wildman–Crippen LogP) is 4.34. The van der Waals surface area contributed by atoms with Crippen LogP contribution in [0.2, 0.25) is 0 Å². The smallest absolute Gasteiger partial charge is 0.0654 e. The molecule has 0 amide bonds. The van der Waals surface area contributed by atoms with Gasteiger partial charge in [0, 0.05) is 5.92 Å². The van der Waals surface area contributed by atoms with E-state index < -0.39 is 5.60 Å². The van der Waals surface area contributed by atoms with Crippen LogP contribution in [0.15, 0.2) is 23.8 Å². The molecule has 0 bridgehead atoms. The Bertz CT molecular complexity index is 455. The number of aliphatic hydroxyl groups is 2. The van der Waals surface area contributed by atoms with Crippen molar-refractivity contribution in [1.82, 2.24) is 0 Å². The van der Waals surface area contributed by atoms with Gasteiger partial charge in [-0.3, -0.25) is 0 Å². The van der Waals surface area contributed by atoms with Gasteiger partial charge in [-0.25, -0.2) is 0 Å². The highest BCUT2D eigenvalue weighted by atomic mass is 16.3. The molecule has 0 heterocycles. The molecule has 0 aromatic rings. The van der Waals surface area contributed by atoms with Gasteiger partial charge in [-0.15, -0.1) is 0 Å². The lowest BCUT2D eigenvalue weighted by Crippen LogP contribution is -2.23. The first-order chi connectivity index (χ1) is 12.0. The summed E-state index contributed by atoms with van der Waals surface area (Å²) in [5.74, 6) is 1.37. The zero-order valence-electron chi connectivity index (χ0n) is 16.3. The molecule has 0 aliphatic heterocycles. The van der Waals surface area contributed by atoms with Crippen LogP contribution in [-0.4, -0.2) is 28.5 Å². The first kappa shape index (κ1) is 20.7. The highest BCUT2D eigenvalue weighted by molar-refractivity contribution is 5.20. The summed E-state index contributed by atoms with van der Waals surface area (Å²) in [4.78, 5) is 0. The third-order valence-electron chi connectivity index (χ3n) is 6.14. The summed E-state index contributed by atoms with van der Waals surface area (Å²) in [7, 11) is 0. The molecule has 25 heavy (non-hydrogen) atoms. The number of fused-ring (bicyclic) bond motifs is 1. The molecule has 0 aromatic carbocycles. The summed E-state index contributed by atoms with van der Waals surface area (Å²) < 4.78 is 0. The Balaban J connectivity index is 1.82. The van der Waals surface area contributed by atoms with E-state index in [-0.39, 0.29) is 12.0 Å². The lowest BCUT2D eigenvalue weighted by atomic mass is 9.87. The minimum atomic E-state index is -0.614. The number of nitrogens with two attached hydrogens (primary N) is 1. The van der Waals surface area contributed by atoms with E-state index in [9.17, 15) is 10.2 Å². The van der Waals surface area contributed by atoms with Crippen molar-refractivity contribution in [3.8, 4) is 0 Å². The molecule has 4 N–H and O–H groups in total. The van der Waals surface area contributed by atoms with Crippen LogP contribution in [0.3, 0.4) is 0 Å². The van der Waals surface area contributed by atoms with Gasteiger partial charge in [-0.1, -0.05) is 50.0 Å². The molecule has 0 spiro atoms. The van der Waals surface area contributed by atoms with Crippen LogP contribution < -0.4 is 5.73 Å². The first-order valence-electron chi connectivity index (χ1n) is 10.4. The third-order valence-corrected chi connectivity index (χ3v) is 6.14. The molecule has 1 saturated carbocycles. The second kappa shape index (κ2) is 9.89. The van der Waals surface area contributed by atoms with E-state index in [0.29, 0.717) is 18.3 Å². The summed E-state index contributed by atoms with van der Waals surface area (Å²) in [5.41, 5.74) is 6.54. The van der Waals surface area contributed by atoms with E-state index in [1.54, 1.807) is 5.57 Å². The van der Waals surface area contributed by atoms with Crippen molar-refractivity contribution in [2.75, 3.05) is 6.54 Å². The molecule has 2 aliphatic rings. The summed E-state index contributed by atoms with van der Waals surface area (Å²) in [5, 5.41) is 20.9.